The zero-order valence-corrected chi connectivity index (χ0v) is 14.3. The average molecular weight is 375 g/mol. The van der Waals surface area contributed by atoms with Gasteiger partial charge in [0.2, 0.25) is 0 Å². The number of carbonyl (C=O) groups excluding carboxylic acids is 2. The maximum atomic E-state index is 12.1. The SMILES string of the molecule is CCOC(=O)N(c1ccncc1)n1cccc1C=O.O=C(O)C=CC(=O)O. The number of carboxylic acids is 2. The Morgan fingerprint density at radius 2 is 1.74 bits per heavy atom. The first-order valence-electron chi connectivity index (χ1n) is 7.54. The fourth-order valence-electron chi connectivity index (χ4n) is 1.79. The van der Waals surface area contributed by atoms with Gasteiger partial charge in [0, 0.05) is 30.7 Å². The Hall–Kier alpha value is -3.95. The van der Waals surface area contributed by atoms with Gasteiger partial charge in [0.1, 0.15) is 5.69 Å². The molecule has 0 fully saturated rings. The van der Waals surface area contributed by atoms with E-state index in [2.05, 4.69) is 4.98 Å². The van der Waals surface area contributed by atoms with Crippen LogP contribution < -0.4 is 5.01 Å². The van der Waals surface area contributed by atoms with Crippen molar-refractivity contribution in [3.8, 4) is 0 Å². The normalized spacial score (nSPS) is 9.81. The Kier molecular flexibility index (Phi) is 8.45. The van der Waals surface area contributed by atoms with E-state index in [0.29, 0.717) is 29.8 Å². The number of aldehydes is 1. The molecule has 10 heteroatoms. The van der Waals surface area contributed by atoms with E-state index in [4.69, 9.17) is 14.9 Å². The lowest BCUT2D eigenvalue weighted by atomic mass is 10.4. The number of aliphatic carboxylic acids is 2. The highest BCUT2D eigenvalue weighted by atomic mass is 16.6. The van der Waals surface area contributed by atoms with Crippen LogP contribution in [-0.4, -0.2) is 50.8 Å². The number of anilines is 1. The van der Waals surface area contributed by atoms with Crippen molar-refractivity contribution in [2.45, 2.75) is 6.92 Å². The van der Waals surface area contributed by atoms with Crippen molar-refractivity contribution < 1.29 is 34.1 Å². The van der Waals surface area contributed by atoms with Gasteiger partial charge in [-0.25, -0.2) is 19.1 Å². The lowest BCUT2D eigenvalue weighted by Crippen LogP contribution is -2.37. The van der Waals surface area contributed by atoms with E-state index in [1.807, 2.05) is 0 Å². The third kappa shape index (κ3) is 6.82. The standard InChI is InChI=1S/C13H13N3O3.C4H4O4/c1-2-19-13(18)16(11-5-7-14-8-6-11)15-9-3-4-12(15)10-17;5-3(6)1-2-4(7)8/h3-10H,2H2,1H3;1-2H,(H,5,6)(H,7,8). The topological polar surface area (TPSA) is 139 Å². The molecule has 0 aromatic carbocycles. The minimum Gasteiger partial charge on any atom is -0.478 e. The summed E-state index contributed by atoms with van der Waals surface area (Å²) in [5.74, 6) is -2.51. The highest BCUT2D eigenvalue weighted by molar-refractivity contribution is 5.89. The van der Waals surface area contributed by atoms with Gasteiger partial charge >= 0.3 is 18.0 Å². The third-order valence-electron chi connectivity index (χ3n) is 2.81. The summed E-state index contributed by atoms with van der Waals surface area (Å²) in [6.45, 7) is 1.97. The van der Waals surface area contributed by atoms with Gasteiger partial charge in [-0.3, -0.25) is 9.78 Å². The van der Waals surface area contributed by atoms with Gasteiger partial charge < -0.3 is 14.9 Å². The molecular formula is C17H17N3O7. The van der Waals surface area contributed by atoms with Gasteiger partial charge in [-0.2, -0.15) is 5.01 Å². The molecule has 0 radical (unpaired) electrons. The lowest BCUT2D eigenvalue weighted by Gasteiger charge is -2.23. The van der Waals surface area contributed by atoms with Crippen LogP contribution in [0.4, 0.5) is 10.5 Å². The zero-order valence-electron chi connectivity index (χ0n) is 14.3. The highest BCUT2D eigenvalue weighted by Gasteiger charge is 2.20. The van der Waals surface area contributed by atoms with Gasteiger partial charge in [-0.1, -0.05) is 0 Å². The Bertz CT molecular complexity index is 799. The first-order valence-corrected chi connectivity index (χ1v) is 7.54. The van der Waals surface area contributed by atoms with Crippen molar-refractivity contribution >= 4 is 30.0 Å². The third-order valence-corrected chi connectivity index (χ3v) is 2.81. The smallest absolute Gasteiger partial charge is 0.433 e. The van der Waals surface area contributed by atoms with Crippen molar-refractivity contribution in [1.29, 1.82) is 0 Å². The highest BCUT2D eigenvalue weighted by Crippen LogP contribution is 2.17. The van der Waals surface area contributed by atoms with Crippen molar-refractivity contribution in [2.24, 2.45) is 0 Å². The molecule has 2 aromatic rings. The van der Waals surface area contributed by atoms with Crippen molar-refractivity contribution in [2.75, 3.05) is 11.6 Å². The molecule has 0 bridgehead atoms. The number of rotatable bonds is 6. The molecule has 2 heterocycles. The largest absolute Gasteiger partial charge is 0.478 e. The van der Waals surface area contributed by atoms with Crippen LogP contribution in [0.1, 0.15) is 17.4 Å². The van der Waals surface area contributed by atoms with E-state index < -0.39 is 18.0 Å². The Balaban J connectivity index is 0.000000387. The van der Waals surface area contributed by atoms with Crippen LogP contribution in [-0.2, 0) is 14.3 Å². The molecule has 0 atom stereocenters. The quantitative estimate of drug-likeness (QED) is 0.576. The molecule has 2 aromatic heterocycles. The second-order valence-corrected chi connectivity index (χ2v) is 4.62. The van der Waals surface area contributed by atoms with Crippen molar-refractivity contribution in [3.05, 3.63) is 60.7 Å². The summed E-state index contributed by atoms with van der Waals surface area (Å²) in [6, 6.07) is 6.61. The minimum absolute atomic E-state index is 0.248. The molecule has 1 amide bonds. The summed E-state index contributed by atoms with van der Waals surface area (Å²) in [7, 11) is 0. The monoisotopic (exact) mass is 375 g/mol. The van der Waals surface area contributed by atoms with Crippen LogP contribution >= 0.6 is 0 Å². The lowest BCUT2D eigenvalue weighted by molar-refractivity contribution is -0.134. The van der Waals surface area contributed by atoms with Crippen molar-refractivity contribution in [1.82, 2.24) is 9.66 Å². The van der Waals surface area contributed by atoms with E-state index in [1.165, 1.54) is 9.69 Å². The number of pyridine rings is 1. The number of carbonyl (C=O) groups is 4. The first kappa shape index (κ1) is 21.1. The van der Waals surface area contributed by atoms with Crippen LogP contribution in [0.3, 0.4) is 0 Å². The fraction of sp³-hybridized carbons (Fsp3) is 0.118. The van der Waals surface area contributed by atoms with Gasteiger partial charge in [-0.15, -0.1) is 0 Å². The summed E-state index contributed by atoms with van der Waals surface area (Å²) < 4.78 is 6.44. The number of hydrogen-bond donors (Lipinski definition) is 2. The molecule has 2 N–H and O–H groups in total. The average Bonchev–Trinajstić information content (AvgIpc) is 3.10. The molecule has 142 valence electrons. The number of ether oxygens (including phenoxy) is 1. The Labute approximate surface area is 153 Å². The molecule has 0 aliphatic carbocycles. The second-order valence-electron chi connectivity index (χ2n) is 4.62. The molecule has 0 aliphatic rings. The number of nitrogens with zero attached hydrogens (tertiary/aromatic N) is 3. The minimum atomic E-state index is -1.26. The van der Waals surface area contributed by atoms with Crippen molar-refractivity contribution in [3.63, 3.8) is 0 Å². The maximum Gasteiger partial charge on any atom is 0.433 e. The Morgan fingerprint density at radius 3 is 2.22 bits per heavy atom. The molecule has 0 unspecified atom stereocenters. The van der Waals surface area contributed by atoms with Crippen LogP contribution in [0.2, 0.25) is 0 Å². The molecule has 0 saturated carbocycles. The Morgan fingerprint density at radius 1 is 1.15 bits per heavy atom. The molecular weight excluding hydrogens is 358 g/mol. The maximum absolute atomic E-state index is 12.1. The van der Waals surface area contributed by atoms with E-state index in [9.17, 15) is 19.2 Å². The number of amides is 1. The summed E-state index contributed by atoms with van der Waals surface area (Å²) in [4.78, 5) is 46.1. The fourth-order valence-corrected chi connectivity index (χ4v) is 1.79. The molecule has 27 heavy (non-hydrogen) atoms. The second kappa shape index (κ2) is 10.8. The summed E-state index contributed by atoms with van der Waals surface area (Å²) >= 11 is 0. The van der Waals surface area contributed by atoms with Crippen LogP contribution in [0.15, 0.2) is 55.0 Å². The van der Waals surface area contributed by atoms with Crippen LogP contribution in [0.25, 0.3) is 0 Å². The summed E-state index contributed by atoms with van der Waals surface area (Å²) in [5, 5.41) is 16.9. The summed E-state index contributed by atoms with van der Waals surface area (Å²) in [6.07, 6.45) is 5.96. The summed E-state index contributed by atoms with van der Waals surface area (Å²) in [5.41, 5.74) is 0.914. The van der Waals surface area contributed by atoms with Gasteiger partial charge in [0.05, 0.1) is 12.3 Å². The molecule has 0 spiro atoms. The van der Waals surface area contributed by atoms with E-state index >= 15 is 0 Å². The molecule has 10 nitrogen and oxygen atoms in total. The predicted octanol–water partition coefficient (Wildman–Crippen LogP) is 1.83. The van der Waals surface area contributed by atoms with E-state index in [1.54, 1.807) is 49.8 Å². The number of carboxylic acid groups (broad SMARTS) is 2. The van der Waals surface area contributed by atoms with Gasteiger partial charge in [-0.05, 0) is 31.2 Å². The van der Waals surface area contributed by atoms with E-state index in [-0.39, 0.29) is 6.61 Å². The molecule has 2 rings (SSSR count). The molecule has 0 saturated heterocycles. The van der Waals surface area contributed by atoms with Gasteiger partial charge in [0.25, 0.3) is 0 Å². The van der Waals surface area contributed by atoms with E-state index in [0.717, 1.165) is 0 Å². The number of hydrogen-bond acceptors (Lipinski definition) is 6. The zero-order chi connectivity index (χ0) is 20.2. The first-order chi connectivity index (χ1) is 12.9. The number of aromatic nitrogens is 2. The predicted molar refractivity (Wildman–Crippen MR) is 93.4 cm³/mol. The van der Waals surface area contributed by atoms with Crippen LogP contribution in [0.5, 0.6) is 0 Å². The van der Waals surface area contributed by atoms with Gasteiger partial charge in [0.15, 0.2) is 6.29 Å². The molecule has 0 aliphatic heterocycles. The van der Waals surface area contributed by atoms with Crippen LogP contribution in [0, 0.1) is 0 Å².